The number of rotatable bonds is 4. The van der Waals surface area contributed by atoms with Crippen LogP contribution < -0.4 is 0 Å². The van der Waals surface area contributed by atoms with Crippen LogP contribution >= 0.6 is 23.2 Å². The number of nitrogens with zero attached hydrogens (tertiary/aromatic N) is 2. The molecule has 0 fully saturated rings. The van der Waals surface area contributed by atoms with E-state index in [1.807, 2.05) is 24.5 Å². The minimum atomic E-state index is 0.496. The maximum Gasteiger partial charge on any atom is 0.0948 e. The number of alkyl halides is 1. The van der Waals surface area contributed by atoms with Crippen LogP contribution in [0.15, 0.2) is 36.8 Å². The fourth-order valence-electron chi connectivity index (χ4n) is 1.60. The molecule has 1 aromatic heterocycles. The summed E-state index contributed by atoms with van der Waals surface area (Å²) < 4.78 is 2.06. The zero-order chi connectivity index (χ0) is 11.4. The van der Waals surface area contributed by atoms with E-state index in [2.05, 4.69) is 15.6 Å². The van der Waals surface area contributed by atoms with Crippen LogP contribution in [0.3, 0.4) is 0 Å². The van der Waals surface area contributed by atoms with Crippen LogP contribution in [-0.2, 0) is 18.8 Å². The lowest BCUT2D eigenvalue weighted by molar-refractivity contribution is 0.674. The highest BCUT2D eigenvalue weighted by atomic mass is 35.5. The first-order chi connectivity index (χ1) is 7.79. The second-order valence-electron chi connectivity index (χ2n) is 3.59. The Morgan fingerprint density at radius 2 is 2.19 bits per heavy atom. The van der Waals surface area contributed by atoms with Gasteiger partial charge in [-0.1, -0.05) is 23.7 Å². The Morgan fingerprint density at radius 3 is 2.94 bits per heavy atom. The van der Waals surface area contributed by atoms with E-state index >= 15 is 0 Å². The summed E-state index contributed by atoms with van der Waals surface area (Å²) in [5.41, 5.74) is 2.27. The summed E-state index contributed by atoms with van der Waals surface area (Å²) in [5.74, 6) is 0.496. The third kappa shape index (κ3) is 2.77. The van der Waals surface area contributed by atoms with Crippen LogP contribution in [0.2, 0.25) is 5.02 Å². The van der Waals surface area contributed by atoms with E-state index in [4.69, 9.17) is 23.2 Å². The molecule has 0 aliphatic rings. The van der Waals surface area contributed by atoms with Gasteiger partial charge in [-0.2, -0.15) is 0 Å². The maximum absolute atomic E-state index is 5.92. The second-order valence-corrected chi connectivity index (χ2v) is 4.30. The van der Waals surface area contributed by atoms with Gasteiger partial charge in [0, 0.05) is 17.8 Å². The van der Waals surface area contributed by atoms with Crippen molar-refractivity contribution in [1.29, 1.82) is 0 Å². The molecule has 84 valence electrons. The number of aromatic nitrogens is 2. The molecule has 0 atom stereocenters. The lowest BCUT2D eigenvalue weighted by atomic mass is 10.1. The van der Waals surface area contributed by atoms with E-state index in [0.29, 0.717) is 5.88 Å². The van der Waals surface area contributed by atoms with Crippen LogP contribution in [0.1, 0.15) is 11.3 Å². The number of aryl methyl sites for hydroxylation is 2. The summed E-state index contributed by atoms with van der Waals surface area (Å²) in [5, 5.41) is 0.778. The molecular weight excluding hydrogens is 243 g/mol. The zero-order valence-electron chi connectivity index (χ0n) is 8.74. The quantitative estimate of drug-likeness (QED) is 0.764. The molecule has 0 unspecified atom stereocenters. The van der Waals surface area contributed by atoms with Gasteiger partial charge in [0.2, 0.25) is 0 Å². The normalized spacial score (nSPS) is 10.6. The van der Waals surface area contributed by atoms with Gasteiger partial charge in [-0.25, -0.2) is 4.98 Å². The molecule has 0 amide bonds. The Morgan fingerprint density at radius 1 is 1.31 bits per heavy atom. The van der Waals surface area contributed by atoms with Crippen LogP contribution in [0.5, 0.6) is 0 Å². The van der Waals surface area contributed by atoms with Crippen molar-refractivity contribution in [2.45, 2.75) is 18.8 Å². The van der Waals surface area contributed by atoms with Gasteiger partial charge in [0.1, 0.15) is 0 Å². The van der Waals surface area contributed by atoms with Crippen molar-refractivity contribution in [3.05, 3.63) is 53.1 Å². The lowest BCUT2D eigenvalue weighted by Gasteiger charge is -2.06. The average molecular weight is 255 g/mol. The Balaban J connectivity index is 2.02. The maximum atomic E-state index is 5.92. The largest absolute Gasteiger partial charge is 0.333 e. The minimum absolute atomic E-state index is 0.496. The molecule has 2 nitrogen and oxygen atoms in total. The van der Waals surface area contributed by atoms with Crippen molar-refractivity contribution in [3.8, 4) is 0 Å². The van der Waals surface area contributed by atoms with Crippen LogP contribution in [0.25, 0.3) is 0 Å². The highest BCUT2D eigenvalue weighted by molar-refractivity contribution is 6.30. The predicted molar refractivity (Wildman–Crippen MR) is 66.9 cm³/mol. The van der Waals surface area contributed by atoms with Gasteiger partial charge in [0.15, 0.2) is 0 Å². The number of hydrogen-bond donors (Lipinski definition) is 0. The van der Waals surface area contributed by atoms with Crippen molar-refractivity contribution in [3.63, 3.8) is 0 Å². The summed E-state index contributed by atoms with van der Waals surface area (Å²) in [6.07, 6.45) is 4.54. The van der Waals surface area contributed by atoms with Crippen molar-refractivity contribution < 1.29 is 0 Å². The number of benzene rings is 1. The van der Waals surface area contributed by atoms with Gasteiger partial charge in [0.05, 0.1) is 17.9 Å². The van der Waals surface area contributed by atoms with Crippen LogP contribution in [0, 0.1) is 0 Å². The van der Waals surface area contributed by atoms with E-state index < -0.39 is 0 Å². The van der Waals surface area contributed by atoms with E-state index in [-0.39, 0.29) is 0 Å². The first kappa shape index (κ1) is 11.5. The first-order valence-electron chi connectivity index (χ1n) is 5.09. The van der Waals surface area contributed by atoms with Gasteiger partial charge in [-0.05, 0) is 24.1 Å². The molecule has 16 heavy (non-hydrogen) atoms. The highest BCUT2D eigenvalue weighted by Gasteiger charge is 2.01. The van der Waals surface area contributed by atoms with Crippen molar-refractivity contribution in [2.24, 2.45) is 0 Å². The molecule has 4 heteroatoms. The molecule has 0 saturated carbocycles. The molecule has 0 saturated heterocycles. The molecule has 0 spiro atoms. The summed E-state index contributed by atoms with van der Waals surface area (Å²) >= 11 is 11.7. The third-order valence-electron chi connectivity index (χ3n) is 2.47. The monoisotopic (exact) mass is 254 g/mol. The molecule has 1 heterocycles. The average Bonchev–Trinajstić information content (AvgIpc) is 2.74. The summed E-state index contributed by atoms with van der Waals surface area (Å²) in [7, 11) is 0. The fraction of sp³-hybridized carbons (Fsp3) is 0.250. The Bertz CT molecular complexity index is 466. The molecule has 0 aliphatic carbocycles. The third-order valence-corrected chi connectivity index (χ3v) is 2.97. The smallest absolute Gasteiger partial charge is 0.0948 e. The summed E-state index contributed by atoms with van der Waals surface area (Å²) in [4.78, 5) is 4.08. The predicted octanol–water partition coefficient (Wildman–Crippen LogP) is 3.52. The van der Waals surface area contributed by atoms with Gasteiger partial charge in [0.25, 0.3) is 0 Å². The van der Waals surface area contributed by atoms with E-state index in [1.54, 1.807) is 6.20 Å². The van der Waals surface area contributed by atoms with E-state index in [1.165, 1.54) is 5.56 Å². The van der Waals surface area contributed by atoms with Crippen molar-refractivity contribution in [1.82, 2.24) is 9.55 Å². The Labute approximate surface area is 105 Å². The van der Waals surface area contributed by atoms with E-state index in [9.17, 15) is 0 Å². The lowest BCUT2D eigenvalue weighted by Crippen LogP contribution is -2.03. The molecule has 2 aromatic rings. The van der Waals surface area contributed by atoms with Crippen molar-refractivity contribution >= 4 is 23.2 Å². The van der Waals surface area contributed by atoms with Gasteiger partial charge in [-0.15, -0.1) is 11.6 Å². The molecule has 0 bridgehead atoms. The molecule has 2 rings (SSSR count). The second kappa shape index (κ2) is 5.37. The van der Waals surface area contributed by atoms with Gasteiger partial charge < -0.3 is 4.57 Å². The topological polar surface area (TPSA) is 17.8 Å². The van der Waals surface area contributed by atoms with Gasteiger partial charge in [-0.3, -0.25) is 0 Å². The first-order valence-corrected chi connectivity index (χ1v) is 6.00. The van der Waals surface area contributed by atoms with E-state index in [0.717, 1.165) is 23.7 Å². The molecular formula is C12H12Cl2N2. The Hall–Kier alpha value is -0.990. The highest BCUT2D eigenvalue weighted by Crippen LogP contribution is 2.12. The summed E-state index contributed by atoms with van der Waals surface area (Å²) in [6.45, 7) is 0.877. The van der Waals surface area contributed by atoms with Crippen molar-refractivity contribution in [2.75, 3.05) is 0 Å². The van der Waals surface area contributed by atoms with Crippen LogP contribution in [0.4, 0.5) is 0 Å². The molecule has 1 aromatic carbocycles. The zero-order valence-corrected chi connectivity index (χ0v) is 10.2. The molecule has 0 radical (unpaired) electrons. The molecule has 0 N–H and O–H groups in total. The molecule has 0 aliphatic heterocycles. The Kier molecular flexibility index (Phi) is 3.86. The fourth-order valence-corrected chi connectivity index (χ4v) is 2.04. The van der Waals surface area contributed by atoms with Crippen LogP contribution in [-0.4, -0.2) is 9.55 Å². The SMILES string of the molecule is ClCc1cncn1CCc1cccc(Cl)c1. The standard InChI is InChI=1S/C12H12Cl2N2/c13-7-12-8-15-9-16(12)5-4-10-2-1-3-11(14)6-10/h1-3,6,8-9H,4-5,7H2. The summed E-state index contributed by atoms with van der Waals surface area (Å²) in [6, 6.07) is 7.91. The number of hydrogen-bond acceptors (Lipinski definition) is 1. The number of halogens is 2. The van der Waals surface area contributed by atoms with Gasteiger partial charge >= 0.3 is 0 Å². The minimum Gasteiger partial charge on any atom is -0.333 e. The number of imidazole rings is 1.